The monoisotopic (exact) mass is 140 g/mol. The third-order valence-corrected chi connectivity index (χ3v) is 1.67. The zero-order chi connectivity index (χ0) is 8.04. The second-order valence-electron chi connectivity index (χ2n) is 2.92. The summed E-state index contributed by atoms with van der Waals surface area (Å²) >= 11 is 0. The first-order chi connectivity index (χ1) is 4.68. The van der Waals surface area contributed by atoms with Gasteiger partial charge >= 0.3 is 0 Å². The van der Waals surface area contributed by atoms with Gasteiger partial charge in [-0.2, -0.15) is 5.26 Å². The van der Waals surface area contributed by atoms with Crippen molar-refractivity contribution in [2.24, 2.45) is 5.41 Å². The van der Waals surface area contributed by atoms with Gasteiger partial charge in [0.15, 0.2) is 0 Å². The van der Waals surface area contributed by atoms with Crippen LogP contribution >= 0.6 is 0 Å². The van der Waals surface area contributed by atoms with Crippen molar-refractivity contribution < 1.29 is 5.11 Å². The molecule has 2 nitrogen and oxygen atoms in total. The van der Waals surface area contributed by atoms with Crippen LogP contribution in [0.4, 0.5) is 0 Å². The second kappa shape index (κ2) is 4.29. The van der Waals surface area contributed by atoms with Gasteiger partial charge in [-0.1, -0.05) is 19.8 Å². The molecule has 0 saturated carbocycles. The lowest BCUT2D eigenvalue weighted by molar-refractivity contribution is 0.109. The van der Waals surface area contributed by atoms with E-state index in [0.717, 1.165) is 19.3 Å². The van der Waals surface area contributed by atoms with E-state index in [1.165, 1.54) is 0 Å². The Morgan fingerprint density at radius 2 is 2.20 bits per heavy atom. The number of nitrogens with zero attached hydrogens (tertiary/aromatic N) is 1. The molecule has 10 heavy (non-hydrogen) atoms. The molecule has 0 N–H and O–H groups in total. The predicted octanol–water partition coefficient (Wildman–Crippen LogP) is 2.14. The van der Waals surface area contributed by atoms with E-state index >= 15 is 0 Å². The molecule has 2 heteroatoms. The summed E-state index contributed by atoms with van der Waals surface area (Å²) in [7, 11) is 0. The molecule has 0 rings (SSSR count). The first-order valence-corrected chi connectivity index (χ1v) is 3.68. The van der Waals surface area contributed by atoms with Crippen molar-refractivity contribution in [3.63, 3.8) is 0 Å². The van der Waals surface area contributed by atoms with Gasteiger partial charge in [0.1, 0.15) is 6.61 Å². The van der Waals surface area contributed by atoms with Crippen LogP contribution in [0, 0.1) is 16.7 Å². The molecule has 0 heterocycles. The van der Waals surface area contributed by atoms with Crippen molar-refractivity contribution >= 4 is 0 Å². The minimum Gasteiger partial charge on any atom is -0.235 e. The molecule has 1 radical (unpaired) electrons. The van der Waals surface area contributed by atoms with E-state index in [9.17, 15) is 5.11 Å². The molecule has 0 aliphatic rings. The Labute approximate surface area is 62.5 Å². The van der Waals surface area contributed by atoms with Gasteiger partial charge in [-0.05, 0) is 13.3 Å². The molecular formula is C8H14NO. The largest absolute Gasteiger partial charge is 0.235 e. The molecule has 0 aliphatic heterocycles. The van der Waals surface area contributed by atoms with Gasteiger partial charge in [-0.15, -0.1) is 0 Å². The van der Waals surface area contributed by atoms with E-state index in [0.29, 0.717) is 0 Å². The second-order valence-corrected chi connectivity index (χ2v) is 2.92. The highest BCUT2D eigenvalue weighted by atomic mass is 16.3. The maximum Gasteiger partial charge on any atom is 0.101 e. The number of hydrogen-bond donors (Lipinski definition) is 0. The van der Waals surface area contributed by atoms with E-state index in [1.807, 2.05) is 0 Å². The van der Waals surface area contributed by atoms with Gasteiger partial charge in [0.25, 0.3) is 0 Å². The van der Waals surface area contributed by atoms with Crippen LogP contribution in [0.15, 0.2) is 0 Å². The Kier molecular flexibility index (Phi) is 4.06. The van der Waals surface area contributed by atoms with E-state index < -0.39 is 5.41 Å². The van der Waals surface area contributed by atoms with Crippen LogP contribution in [0.5, 0.6) is 0 Å². The molecule has 0 aromatic heterocycles. The van der Waals surface area contributed by atoms with Gasteiger partial charge in [0.2, 0.25) is 0 Å². The van der Waals surface area contributed by atoms with Crippen LogP contribution in [0.2, 0.25) is 0 Å². The lowest BCUT2D eigenvalue weighted by atomic mass is 9.88. The van der Waals surface area contributed by atoms with Gasteiger partial charge in [0, 0.05) is 0 Å². The van der Waals surface area contributed by atoms with Gasteiger partial charge in [-0.3, -0.25) is 0 Å². The van der Waals surface area contributed by atoms with Crippen LogP contribution in [-0.4, -0.2) is 6.61 Å². The summed E-state index contributed by atoms with van der Waals surface area (Å²) in [6, 6.07) is 2.05. The third-order valence-electron chi connectivity index (χ3n) is 1.67. The maximum atomic E-state index is 10.5. The molecule has 0 fully saturated rings. The van der Waals surface area contributed by atoms with E-state index in [1.54, 1.807) is 6.92 Å². The van der Waals surface area contributed by atoms with E-state index in [-0.39, 0.29) is 6.61 Å². The Morgan fingerprint density at radius 1 is 1.60 bits per heavy atom. The molecule has 57 valence electrons. The lowest BCUT2D eigenvalue weighted by Crippen LogP contribution is -2.17. The van der Waals surface area contributed by atoms with Crippen molar-refractivity contribution in [2.75, 3.05) is 6.61 Å². The minimum absolute atomic E-state index is 0.274. The van der Waals surface area contributed by atoms with Crippen LogP contribution in [-0.2, 0) is 5.11 Å². The normalized spacial score (nSPS) is 15.8. The Hall–Kier alpha value is -0.550. The van der Waals surface area contributed by atoms with Crippen molar-refractivity contribution in [3.05, 3.63) is 0 Å². The SMILES string of the molecule is CCCCC(C)(C#N)C[O]. The molecule has 0 bridgehead atoms. The van der Waals surface area contributed by atoms with Crippen molar-refractivity contribution in [1.82, 2.24) is 0 Å². The molecule has 0 spiro atoms. The van der Waals surface area contributed by atoms with Crippen LogP contribution in [0.25, 0.3) is 0 Å². The minimum atomic E-state index is -0.615. The smallest absolute Gasteiger partial charge is 0.101 e. The lowest BCUT2D eigenvalue weighted by Gasteiger charge is -2.15. The number of nitriles is 1. The third kappa shape index (κ3) is 2.84. The summed E-state index contributed by atoms with van der Waals surface area (Å²) in [5, 5.41) is 19.0. The standard InChI is InChI=1S/C8H14NO/c1-3-4-5-8(2,6-9)7-10/h3-5,7H2,1-2H3. The van der Waals surface area contributed by atoms with Gasteiger partial charge in [-0.25, -0.2) is 5.11 Å². The first-order valence-electron chi connectivity index (χ1n) is 3.68. The molecule has 0 aromatic rings. The quantitative estimate of drug-likeness (QED) is 0.590. The highest BCUT2D eigenvalue weighted by Crippen LogP contribution is 2.21. The van der Waals surface area contributed by atoms with Crippen molar-refractivity contribution in [1.29, 1.82) is 5.26 Å². The number of rotatable bonds is 4. The average Bonchev–Trinajstić information content (AvgIpc) is 2.00. The fourth-order valence-electron chi connectivity index (χ4n) is 0.727. The van der Waals surface area contributed by atoms with E-state index in [4.69, 9.17) is 5.26 Å². The Balaban J connectivity index is 3.72. The highest BCUT2D eigenvalue weighted by Gasteiger charge is 2.22. The summed E-state index contributed by atoms with van der Waals surface area (Å²) in [4.78, 5) is 0. The molecule has 0 aliphatic carbocycles. The van der Waals surface area contributed by atoms with Crippen LogP contribution < -0.4 is 0 Å². The molecule has 0 aromatic carbocycles. The summed E-state index contributed by atoms with van der Waals surface area (Å²) in [5.74, 6) is 0. The molecule has 1 atom stereocenters. The predicted molar refractivity (Wildman–Crippen MR) is 38.8 cm³/mol. The van der Waals surface area contributed by atoms with Crippen LogP contribution in [0.3, 0.4) is 0 Å². The summed E-state index contributed by atoms with van der Waals surface area (Å²) < 4.78 is 0. The number of hydrogen-bond acceptors (Lipinski definition) is 1. The Morgan fingerprint density at radius 3 is 2.50 bits per heavy atom. The van der Waals surface area contributed by atoms with Gasteiger partial charge in [0.05, 0.1) is 11.5 Å². The zero-order valence-electron chi connectivity index (χ0n) is 6.68. The summed E-state index contributed by atoms with van der Waals surface area (Å²) in [6.45, 7) is 3.52. The van der Waals surface area contributed by atoms with Gasteiger partial charge < -0.3 is 0 Å². The van der Waals surface area contributed by atoms with E-state index in [2.05, 4.69) is 13.0 Å². The molecule has 0 amide bonds. The fourth-order valence-corrected chi connectivity index (χ4v) is 0.727. The number of unbranched alkanes of at least 4 members (excludes halogenated alkanes) is 1. The highest BCUT2D eigenvalue weighted by molar-refractivity contribution is 4.94. The maximum absolute atomic E-state index is 10.5. The zero-order valence-corrected chi connectivity index (χ0v) is 6.68. The topological polar surface area (TPSA) is 43.7 Å². The molecular weight excluding hydrogens is 126 g/mol. The summed E-state index contributed by atoms with van der Waals surface area (Å²) in [6.07, 6.45) is 2.77. The molecule has 0 saturated heterocycles. The summed E-state index contributed by atoms with van der Waals surface area (Å²) in [5.41, 5.74) is -0.615. The van der Waals surface area contributed by atoms with Crippen molar-refractivity contribution in [2.45, 2.75) is 33.1 Å². The Bertz CT molecular complexity index is 128. The average molecular weight is 140 g/mol. The fraction of sp³-hybridized carbons (Fsp3) is 0.875. The first kappa shape index (κ1) is 9.45. The van der Waals surface area contributed by atoms with Crippen molar-refractivity contribution in [3.8, 4) is 6.07 Å². The molecule has 1 unspecified atom stereocenters. The van der Waals surface area contributed by atoms with Crippen LogP contribution in [0.1, 0.15) is 33.1 Å².